The molecule has 0 spiro atoms. The van der Waals surface area contributed by atoms with Crippen LogP contribution in [0.25, 0.3) is 0 Å². The van der Waals surface area contributed by atoms with E-state index in [-0.39, 0.29) is 12.0 Å². The summed E-state index contributed by atoms with van der Waals surface area (Å²) in [4.78, 5) is 15.8. The van der Waals surface area contributed by atoms with E-state index in [1.807, 2.05) is 0 Å². The zero-order chi connectivity index (χ0) is 12.1. The van der Waals surface area contributed by atoms with E-state index in [0.717, 1.165) is 24.1 Å². The highest BCUT2D eigenvalue weighted by molar-refractivity contribution is 9.10. The van der Waals surface area contributed by atoms with Crippen molar-refractivity contribution in [1.82, 2.24) is 10.3 Å². The smallest absolute Gasteiger partial charge is 0.252 e. The predicted octanol–water partition coefficient (Wildman–Crippen LogP) is 2.14. The van der Waals surface area contributed by atoms with Gasteiger partial charge in [0.1, 0.15) is 4.60 Å². The number of aromatic nitrogens is 1. The van der Waals surface area contributed by atoms with Gasteiger partial charge in [-0.2, -0.15) is 0 Å². The van der Waals surface area contributed by atoms with Crippen molar-refractivity contribution < 1.29 is 9.53 Å². The first-order valence-electron chi connectivity index (χ1n) is 5.77. The average Bonchev–Trinajstić information content (AvgIpc) is 2.38. The first-order chi connectivity index (χ1) is 8.25. The van der Waals surface area contributed by atoms with E-state index >= 15 is 0 Å². The van der Waals surface area contributed by atoms with Crippen LogP contribution >= 0.6 is 15.9 Å². The van der Waals surface area contributed by atoms with E-state index in [0.29, 0.717) is 12.1 Å². The van der Waals surface area contributed by atoms with E-state index in [4.69, 9.17) is 4.74 Å². The molecule has 2 rings (SSSR count). The molecule has 1 N–H and O–H groups in total. The molecule has 1 fully saturated rings. The summed E-state index contributed by atoms with van der Waals surface area (Å²) in [6.45, 7) is 1.38. The minimum Gasteiger partial charge on any atom is -0.376 e. The standard InChI is InChI=1S/C12H15BrN2O2/c13-11-5-4-9(7-14-11)12(16)15-8-10-3-1-2-6-17-10/h4-5,7,10H,1-3,6,8H2,(H,15,16). The van der Waals surface area contributed by atoms with Gasteiger partial charge in [0.2, 0.25) is 0 Å². The molecule has 0 radical (unpaired) electrons. The Bertz CT molecular complexity index is 375. The molecule has 1 atom stereocenters. The molecule has 92 valence electrons. The molecule has 5 heteroatoms. The van der Waals surface area contributed by atoms with Gasteiger partial charge in [0.25, 0.3) is 5.91 Å². The number of rotatable bonds is 3. The second kappa shape index (κ2) is 6.12. The maximum absolute atomic E-state index is 11.8. The highest BCUT2D eigenvalue weighted by atomic mass is 79.9. The van der Waals surface area contributed by atoms with Crippen molar-refractivity contribution in [3.05, 3.63) is 28.5 Å². The van der Waals surface area contributed by atoms with Crippen molar-refractivity contribution in [3.8, 4) is 0 Å². The number of amides is 1. The number of halogens is 1. The van der Waals surface area contributed by atoms with Crippen molar-refractivity contribution in [3.63, 3.8) is 0 Å². The van der Waals surface area contributed by atoms with Gasteiger partial charge in [0, 0.05) is 19.3 Å². The highest BCUT2D eigenvalue weighted by Gasteiger charge is 2.15. The molecule has 0 aromatic carbocycles. The lowest BCUT2D eigenvalue weighted by Gasteiger charge is -2.22. The van der Waals surface area contributed by atoms with Gasteiger partial charge < -0.3 is 10.1 Å². The fourth-order valence-corrected chi connectivity index (χ4v) is 2.02. The van der Waals surface area contributed by atoms with Gasteiger partial charge in [0.15, 0.2) is 0 Å². The van der Waals surface area contributed by atoms with Crippen LogP contribution in [0.4, 0.5) is 0 Å². The summed E-state index contributed by atoms with van der Waals surface area (Å²) in [6.07, 6.45) is 5.05. The lowest BCUT2D eigenvalue weighted by atomic mass is 10.1. The van der Waals surface area contributed by atoms with Crippen molar-refractivity contribution in [2.24, 2.45) is 0 Å². The maximum atomic E-state index is 11.8. The fourth-order valence-electron chi connectivity index (χ4n) is 1.79. The van der Waals surface area contributed by atoms with E-state index < -0.39 is 0 Å². The van der Waals surface area contributed by atoms with E-state index in [9.17, 15) is 4.79 Å². The zero-order valence-corrected chi connectivity index (χ0v) is 11.1. The van der Waals surface area contributed by atoms with Gasteiger partial charge in [-0.25, -0.2) is 4.98 Å². The minimum absolute atomic E-state index is 0.0980. The molecule has 17 heavy (non-hydrogen) atoms. The van der Waals surface area contributed by atoms with E-state index in [1.165, 1.54) is 6.42 Å². The molecule has 1 unspecified atom stereocenters. The lowest BCUT2D eigenvalue weighted by molar-refractivity contribution is 0.0169. The van der Waals surface area contributed by atoms with Crippen LogP contribution in [-0.4, -0.2) is 30.1 Å². The second-order valence-corrected chi connectivity index (χ2v) is 4.88. The quantitative estimate of drug-likeness (QED) is 0.870. The SMILES string of the molecule is O=C(NCC1CCCCO1)c1ccc(Br)nc1. The first-order valence-corrected chi connectivity index (χ1v) is 6.56. The summed E-state index contributed by atoms with van der Waals surface area (Å²) in [5.74, 6) is -0.0980. The van der Waals surface area contributed by atoms with Gasteiger partial charge in [0.05, 0.1) is 11.7 Å². The minimum atomic E-state index is -0.0980. The highest BCUT2D eigenvalue weighted by Crippen LogP contribution is 2.12. The van der Waals surface area contributed by atoms with Gasteiger partial charge in [-0.05, 0) is 47.3 Å². The third kappa shape index (κ3) is 3.78. The number of nitrogens with zero attached hydrogens (tertiary/aromatic N) is 1. The molecule has 4 nitrogen and oxygen atoms in total. The molecule has 1 amide bonds. The monoisotopic (exact) mass is 298 g/mol. The molecule has 1 aliphatic rings. The number of hydrogen-bond acceptors (Lipinski definition) is 3. The largest absolute Gasteiger partial charge is 0.376 e. The Balaban J connectivity index is 1.82. The van der Waals surface area contributed by atoms with E-state index in [1.54, 1.807) is 18.3 Å². The van der Waals surface area contributed by atoms with Gasteiger partial charge in [-0.15, -0.1) is 0 Å². The number of hydrogen-bond donors (Lipinski definition) is 1. The molecule has 1 saturated heterocycles. The molecule has 0 bridgehead atoms. The maximum Gasteiger partial charge on any atom is 0.252 e. The predicted molar refractivity (Wildman–Crippen MR) is 67.9 cm³/mol. The number of nitrogens with one attached hydrogen (secondary N) is 1. The molecule has 1 aliphatic heterocycles. The number of ether oxygens (including phenoxy) is 1. The molecule has 2 heterocycles. The second-order valence-electron chi connectivity index (χ2n) is 4.07. The van der Waals surface area contributed by atoms with Crippen LogP contribution in [0.15, 0.2) is 22.9 Å². The first kappa shape index (κ1) is 12.5. The van der Waals surface area contributed by atoms with Crippen LogP contribution in [0.5, 0.6) is 0 Å². The Kier molecular flexibility index (Phi) is 4.50. The van der Waals surface area contributed by atoms with Crippen LogP contribution in [0.2, 0.25) is 0 Å². The van der Waals surface area contributed by atoms with Crippen molar-refractivity contribution in [1.29, 1.82) is 0 Å². The summed E-state index contributed by atoms with van der Waals surface area (Å²) >= 11 is 3.23. The van der Waals surface area contributed by atoms with Gasteiger partial charge in [-0.3, -0.25) is 4.79 Å². The number of carbonyl (C=O) groups excluding carboxylic acids is 1. The molecular formula is C12H15BrN2O2. The molecule has 0 saturated carbocycles. The van der Waals surface area contributed by atoms with Crippen LogP contribution in [0.1, 0.15) is 29.6 Å². The summed E-state index contributed by atoms with van der Waals surface area (Å²) < 4.78 is 6.27. The molecule has 1 aromatic heterocycles. The Hall–Kier alpha value is -0.940. The third-order valence-electron chi connectivity index (χ3n) is 2.75. The normalized spacial score (nSPS) is 19.9. The molecular weight excluding hydrogens is 284 g/mol. The Morgan fingerprint density at radius 1 is 1.53 bits per heavy atom. The number of pyridine rings is 1. The van der Waals surface area contributed by atoms with Crippen molar-refractivity contribution >= 4 is 21.8 Å². The third-order valence-corrected chi connectivity index (χ3v) is 3.22. The van der Waals surface area contributed by atoms with Crippen molar-refractivity contribution in [2.75, 3.05) is 13.2 Å². The Morgan fingerprint density at radius 3 is 3.06 bits per heavy atom. The summed E-state index contributed by atoms with van der Waals surface area (Å²) in [5.41, 5.74) is 0.573. The molecule has 0 aliphatic carbocycles. The Labute approximate surface area is 109 Å². The topological polar surface area (TPSA) is 51.2 Å². The Morgan fingerprint density at radius 2 is 2.41 bits per heavy atom. The fraction of sp³-hybridized carbons (Fsp3) is 0.500. The molecule has 1 aromatic rings. The number of carbonyl (C=O) groups is 1. The average molecular weight is 299 g/mol. The van der Waals surface area contributed by atoms with E-state index in [2.05, 4.69) is 26.2 Å². The van der Waals surface area contributed by atoms with Crippen molar-refractivity contribution in [2.45, 2.75) is 25.4 Å². The van der Waals surface area contributed by atoms with Crippen LogP contribution < -0.4 is 5.32 Å². The van der Waals surface area contributed by atoms with Crippen LogP contribution in [-0.2, 0) is 4.74 Å². The van der Waals surface area contributed by atoms with Crippen LogP contribution in [0.3, 0.4) is 0 Å². The lowest BCUT2D eigenvalue weighted by Crippen LogP contribution is -2.35. The zero-order valence-electron chi connectivity index (χ0n) is 9.49. The van der Waals surface area contributed by atoms with Gasteiger partial charge in [-0.1, -0.05) is 0 Å². The summed E-state index contributed by atoms with van der Waals surface area (Å²) in [7, 11) is 0. The summed E-state index contributed by atoms with van der Waals surface area (Å²) in [6, 6.07) is 3.50. The van der Waals surface area contributed by atoms with Crippen LogP contribution in [0, 0.1) is 0 Å². The van der Waals surface area contributed by atoms with Gasteiger partial charge >= 0.3 is 0 Å². The summed E-state index contributed by atoms with van der Waals surface area (Å²) in [5, 5.41) is 2.87.